The molecule has 0 aromatic heterocycles. The van der Waals surface area contributed by atoms with Crippen LogP contribution in [0.25, 0.3) is 0 Å². The molecule has 3 heteroatoms. The summed E-state index contributed by atoms with van der Waals surface area (Å²) in [6.45, 7) is 11.4. The van der Waals surface area contributed by atoms with Gasteiger partial charge in [-0.05, 0) is 53.3 Å². The van der Waals surface area contributed by atoms with Gasteiger partial charge in [-0.1, -0.05) is 46.8 Å². The Hall–Kier alpha value is -2.29. The van der Waals surface area contributed by atoms with Crippen molar-refractivity contribution in [1.29, 1.82) is 0 Å². The van der Waals surface area contributed by atoms with Crippen LogP contribution in [0.1, 0.15) is 50.5 Å². The van der Waals surface area contributed by atoms with Gasteiger partial charge in [-0.15, -0.1) is 0 Å². The molecule has 0 spiro atoms. The largest absolute Gasteiger partial charge is 0.493 e. The lowest BCUT2D eigenvalue weighted by Crippen LogP contribution is -2.14. The van der Waals surface area contributed by atoms with E-state index >= 15 is 0 Å². The Morgan fingerprint density at radius 2 is 1.58 bits per heavy atom. The van der Waals surface area contributed by atoms with Crippen molar-refractivity contribution in [3.05, 3.63) is 59.7 Å². The Labute approximate surface area is 145 Å². The molecule has 2 aromatic rings. The number of hydrogen-bond donors (Lipinski definition) is 1. The van der Waals surface area contributed by atoms with Crippen LogP contribution in [-0.2, 0) is 5.41 Å². The molecule has 0 aliphatic carbocycles. The van der Waals surface area contributed by atoms with E-state index in [1.807, 2.05) is 48.5 Å². The standard InChI is InChI=1S/C21H27NO2/c1-15(2)14-24-19-12-10-18(11-13-19)22-20(23)16-6-8-17(9-7-16)21(3,4)5/h6-13,15H,14H2,1-5H3,(H,22,23). The number of benzene rings is 2. The second-order valence-electron chi connectivity index (χ2n) is 7.51. The van der Waals surface area contributed by atoms with Crippen molar-refractivity contribution < 1.29 is 9.53 Å². The van der Waals surface area contributed by atoms with Crippen LogP contribution in [0, 0.1) is 5.92 Å². The Kier molecular flexibility index (Phi) is 5.66. The molecule has 1 N–H and O–H groups in total. The first-order valence-corrected chi connectivity index (χ1v) is 8.40. The topological polar surface area (TPSA) is 38.3 Å². The Morgan fingerprint density at radius 1 is 1.00 bits per heavy atom. The second kappa shape index (κ2) is 7.52. The van der Waals surface area contributed by atoms with Gasteiger partial charge in [0.05, 0.1) is 6.61 Å². The second-order valence-corrected chi connectivity index (χ2v) is 7.51. The van der Waals surface area contributed by atoms with Gasteiger partial charge in [0.2, 0.25) is 0 Å². The van der Waals surface area contributed by atoms with Crippen LogP contribution < -0.4 is 10.1 Å². The zero-order valence-corrected chi connectivity index (χ0v) is 15.2. The number of carbonyl (C=O) groups is 1. The number of ether oxygens (including phenoxy) is 1. The molecule has 0 saturated heterocycles. The molecule has 0 atom stereocenters. The van der Waals surface area contributed by atoms with Crippen molar-refractivity contribution in [2.24, 2.45) is 5.92 Å². The quantitative estimate of drug-likeness (QED) is 0.813. The molecule has 0 radical (unpaired) electrons. The molecular formula is C21H27NO2. The molecule has 0 unspecified atom stereocenters. The highest BCUT2D eigenvalue weighted by molar-refractivity contribution is 6.04. The molecule has 0 fully saturated rings. The fourth-order valence-corrected chi connectivity index (χ4v) is 2.22. The highest BCUT2D eigenvalue weighted by Gasteiger charge is 2.14. The monoisotopic (exact) mass is 325 g/mol. The van der Waals surface area contributed by atoms with E-state index in [2.05, 4.69) is 39.9 Å². The highest BCUT2D eigenvalue weighted by atomic mass is 16.5. The third-order valence-corrected chi connectivity index (χ3v) is 3.71. The maximum Gasteiger partial charge on any atom is 0.255 e. The van der Waals surface area contributed by atoms with Crippen LogP contribution in [-0.4, -0.2) is 12.5 Å². The summed E-state index contributed by atoms with van der Waals surface area (Å²) in [6.07, 6.45) is 0. The van der Waals surface area contributed by atoms with Gasteiger partial charge in [0.15, 0.2) is 0 Å². The third kappa shape index (κ3) is 5.12. The van der Waals surface area contributed by atoms with Gasteiger partial charge >= 0.3 is 0 Å². The number of amides is 1. The van der Waals surface area contributed by atoms with E-state index in [9.17, 15) is 4.79 Å². The zero-order valence-electron chi connectivity index (χ0n) is 15.2. The van der Waals surface area contributed by atoms with E-state index < -0.39 is 0 Å². The molecule has 0 saturated carbocycles. The molecule has 1 amide bonds. The Balaban J connectivity index is 1.99. The van der Waals surface area contributed by atoms with Crippen molar-refractivity contribution in [2.75, 3.05) is 11.9 Å². The number of hydrogen-bond acceptors (Lipinski definition) is 2. The first kappa shape index (κ1) is 18.1. The van der Waals surface area contributed by atoms with Crippen molar-refractivity contribution in [2.45, 2.75) is 40.0 Å². The van der Waals surface area contributed by atoms with E-state index in [1.54, 1.807) is 0 Å². The van der Waals surface area contributed by atoms with Gasteiger partial charge in [0.1, 0.15) is 5.75 Å². The van der Waals surface area contributed by atoms with Crippen LogP contribution >= 0.6 is 0 Å². The van der Waals surface area contributed by atoms with Crippen molar-refractivity contribution >= 4 is 11.6 Å². The number of carbonyl (C=O) groups excluding carboxylic acids is 1. The normalized spacial score (nSPS) is 11.4. The van der Waals surface area contributed by atoms with E-state index in [4.69, 9.17) is 4.74 Å². The SMILES string of the molecule is CC(C)COc1ccc(NC(=O)c2ccc(C(C)(C)C)cc2)cc1. The fourth-order valence-electron chi connectivity index (χ4n) is 2.22. The van der Waals surface area contributed by atoms with Crippen LogP contribution in [0.4, 0.5) is 5.69 Å². The van der Waals surface area contributed by atoms with Crippen molar-refractivity contribution in [3.63, 3.8) is 0 Å². The zero-order chi connectivity index (χ0) is 17.7. The van der Waals surface area contributed by atoms with Crippen molar-refractivity contribution in [1.82, 2.24) is 0 Å². The lowest BCUT2D eigenvalue weighted by atomic mass is 9.87. The average molecular weight is 325 g/mol. The molecule has 2 rings (SSSR count). The lowest BCUT2D eigenvalue weighted by molar-refractivity contribution is 0.102. The molecule has 0 heterocycles. The minimum atomic E-state index is -0.105. The predicted octanol–water partition coefficient (Wildman–Crippen LogP) is 5.27. The highest BCUT2D eigenvalue weighted by Crippen LogP contribution is 2.23. The van der Waals surface area contributed by atoms with Crippen LogP contribution in [0.3, 0.4) is 0 Å². The average Bonchev–Trinajstić information content (AvgIpc) is 2.53. The maximum absolute atomic E-state index is 12.3. The molecule has 128 valence electrons. The molecule has 0 bridgehead atoms. The number of anilines is 1. The van der Waals surface area contributed by atoms with Crippen molar-refractivity contribution in [3.8, 4) is 5.75 Å². The molecular weight excluding hydrogens is 298 g/mol. The van der Waals surface area contributed by atoms with E-state index in [1.165, 1.54) is 5.56 Å². The summed E-state index contributed by atoms with van der Waals surface area (Å²) in [4.78, 5) is 12.3. The van der Waals surface area contributed by atoms with Gasteiger partial charge in [-0.2, -0.15) is 0 Å². The molecule has 0 aliphatic rings. The van der Waals surface area contributed by atoms with Gasteiger partial charge in [-0.25, -0.2) is 0 Å². The number of nitrogens with one attached hydrogen (secondary N) is 1. The van der Waals surface area contributed by atoms with E-state index in [0.29, 0.717) is 18.1 Å². The first-order chi connectivity index (χ1) is 11.3. The summed E-state index contributed by atoms with van der Waals surface area (Å²) in [5.74, 6) is 1.20. The van der Waals surface area contributed by atoms with Crippen LogP contribution in [0.15, 0.2) is 48.5 Å². The van der Waals surface area contributed by atoms with Gasteiger partial charge in [0, 0.05) is 11.3 Å². The lowest BCUT2D eigenvalue weighted by Gasteiger charge is -2.19. The van der Waals surface area contributed by atoms with Crippen LogP contribution in [0.2, 0.25) is 0 Å². The minimum Gasteiger partial charge on any atom is -0.493 e. The Bertz CT molecular complexity index is 664. The minimum absolute atomic E-state index is 0.0842. The molecule has 0 aliphatic heterocycles. The van der Waals surface area contributed by atoms with Crippen LogP contribution in [0.5, 0.6) is 5.75 Å². The van der Waals surface area contributed by atoms with Gasteiger partial charge in [0.25, 0.3) is 5.91 Å². The van der Waals surface area contributed by atoms with E-state index in [-0.39, 0.29) is 11.3 Å². The Morgan fingerprint density at radius 3 is 2.08 bits per heavy atom. The smallest absolute Gasteiger partial charge is 0.255 e. The summed E-state index contributed by atoms with van der Waals surface area (Å²) in [6, 6.07) is 15.2. The summed E-state index contributed by atoms with van der Waals surface area (Å²) in [5, 5.41) is 2.91. The fraction of sp³-hybridized carbons (Fsp3) is 0.381. The third-order valence-electron chi connectivity index (χ3n) is 3.71. The summed E-state index contributed by atoms with van der Waals surface area (Å²) in [5.41, 5.74) is 2.71. The maximum atomic E-state index is 12.3. The molecule has 2 aromatic carbocycles. The number of rotatable bonds is 5. The predicted molar refractivity (Wildman–Crippen MR) is 99.9 cm³/mol. The van der Waals surface area contributed by atoms with Gasteiger partial charge < -0.3 is 10.1 Å². The summed E-state index contributed by atoms with van der Waals surface area (Å²) in [7, 11) is 0. The first-order valence-electron chi connectivity index (χ1n) is 8.40. The van der Waals surface area contributed by atoms with Gasteiger partial charge in [-0.3, -0.25) is 4.79 Å². The summed E-state index contributed by atoms with van der Waals surface area (Å²) >= 11 is 0. The van der Waals surface area contributed by atoms with E-state index in [0.717, 1.165) is 11.4 Å². The summed E-state index contributed by atoms with van der Waals surface area (Å²) < 4.78 is 5.64. The molecule has 3 nitrogen and oxygen atoms in total. The molecule has 24 heavy (non-hydrogen) atoms.